The van der Waals surface area contributed by atoms with Crippen molar-refractivity contribution in [3.63, 3.8) is 0 Å². The number of rotatable bonds is 8. The fourth-order valence-electron chi connectivity index (χ4n) is 1.09. The van der Waals surface area contributed by atoms with Crippen LogP contribution in [0.2, 0.25) is 0 Å². The molecular weight excluding hydrogens is 395 g/mol. The van der Waals surface area contributed by atoms with Gasteiger partial charge in [-0.3, -0.25) is 4.99 Å². The van der Waals surface area contributed by atoms with E-state index < -0.39 is 10.0 Å². The molecule has 0 aliphatic carbocycles. The van der Waals surface area contributed by atoms with Gasteiger partial charge in [0.15, 0.2) is 5.96 Å². The highest BCUT2D eigenvalue weighted by molar-refractivity contribution is 14.0. The predicted octanol–water partition coefficient (Wildman–Crippen LogP) is 0.134. The van der Waals surface area contributed by atoms with Gasteiger partial charge in [0.05, 0.1) is 18.4 Å². The van der Waals surface area contributed by atoms with Gasteiger partial charge in [-0.05, 0) is 20.8 Å². The minimum Gasteiger partial charge on any atom is -0.377 e. The van der Waals surface area contributed by atoms with Crippen molar-refractivity contribution < 1.29 is 13.2 Å². The number of methoxy groups -OCH3 is 1. The number of nitrogens with one attached hydrogen (secondary N) is 3. The fourth-order valence-corrected chi connectivity index (χ4v) is 1.57. The molecule has 3 N–H and O–H groups in total. The van der Waals surface area contributed by atoms with E-state index >= 15 is 0 Å². The molecule has 9 heteroatoms. The molecule has 0 amide bonds. The van der Waals surface area contributed by atoms with Crippen LogP contribution in [0.25, 0.3) is 0 Å². The van der Waals surface area contributed by atoms with Crippen LogP contribution in [-0.2, 0) is 14.8 Å². The average molecular weight is 422 g/mol. The van der Waals surface area contributed by atoms with Crippen LogP contribution >= 0.6 is 24.0 Å². The van der Waals surface area contributed by atoms with Crippen molar-refractivity contribution >= 4 is 40.0 Å². The Balaban J connectivity index is 0. The molecular formula is C11H27IN4O3S. The first kappa shape index (κ1) is 22.2. The summed E-state index contributed by atoms with van der Waals surface area (Å²) in [5.74, 6) is 0.642. The largest absolute Gasteiger partial charge is 0.377 e. The number of sulfonamides is 1. The van der Waals surface area contributed by atoms with Crippen molar-refractivity contribution in [2.24, 2.45) is 4.99 Å². The van der Waals surface area contributed by atoms with Crippen molar-refractivity contribution in [1.29, 1.82) is 0 Å². The maximum Gasteiger partial charge on any atom is 0.208 e. The molecule has 0 fully saturated rings. The Hall–Kier alpha value is -0.130. The Morgan fingerprint density at radius 3 is 2.30 bits per heavy atom. The van der Waals surface area contributed by atoms with Gasteiger partial charge in [-0.25, -0.2) is 13.1 Å². The molecule has 0 saturated heterocycles. The summed E-state index contributed by atoms with van der Waals surface area (Å²) in [7, 11) is -1.50. The smallest absolute Gasteiger partial charge is 0.208 e. The molecule has 7 nitrogen and oxygen atoms in total. The second kappa shape index (κ2) is 10.6. The van der Waals surface area contributed by atoms with Gasteiger partial charge in [0.2, 0.25) is 10.0 Å². The zero-order chi connectivity index (χ0) is 14.9. The van der Waals surface area contributed by atoms with Crippen molar-refractivity contribution in [2.45, 2.75) is 26.4 Å². The van der Waals surface area contributed by atoms with E-state index in [1.807, 2.05) is 20.8 Å². The molecule has 0 aliphatic heterocycles. The molecule has 122 valence electrons. The lowest BCUT2D eigenvalue weighted by Crippen LogP contribution is -2.42. The summed E-state index contributed by atoms with van der Waals surface area (Å²) in [4.78, 5) is 4.38. The molecule has 0 spiro atoms. The lowest BCUT2D eigenvalue weighted by molar-refractivity contribution is 0.0310. The van der Waals surface area contributed by atoms with Crippen molar-refractivity contribution in [1.82, 2.24) is 15.4 Å². The van der Waals surface area contributed by atoms with Gasteiger partial charge in [-0.15, -0.1) is 24.0 Å². The minimum atomic E-state index is -3.14. The van der Waals surface area contributed by atoms with Gasteiger partial charge < -0.3 is 15.4 Å². The van der Waals surface area contributed by atoms with E-state index in [-0.39, 0.29) is 29.6 Å². The molecule has 20 heavy (non-hydrogen) atoms. The van der Waals surface area contributed by atoms with Crippen molar-refractivity contribution in [2.75, 3.05) is 39.5 Å². The highest BCUT2D eigenvalue weighted by atomic mass is 127. The number of guanidine groups is 1. The third-order valence-corrected chi connectivity index (χ3v) is 3.02. The first-order chi connectivity index (χ1) is 8.70. The van der Waals surface area contributed by atoms with Crippen LogP contribution in [0, 0.1) is 0 Å². The van der Waals surface area contributed by atoms with Gasteiger partial charge in [-0.2, -0.15) is 0 Å². The molecule has 0 saturated carbocycles. The summed E-state index contributed by atoms with van der Waals surface area (Å²) in [6, 6.07) is 0. The van der Waals surface area contributed by atoms with Crippen LogP contribution in [0.3, 0.4) is 0 Å². The number of hydrogen-bond acceptors (Lipinski definition) is 4. The van der Waals surface area contributed by atoms with Crippen LogP contribution in [0.15, 0.2) is 4.99 Å². The first-order valence-electron chi connectivity index (χ1n) is 6.22. The second-order valence-electron chi connectivity index (χ2n) is 4.75. The third kappa shape index (κ3) is 12.9. The fraction of sp³-hybridized carbons (Fsp3) is 0.909. The Morgan fingerprint density at radius 1 is 1.25 bits per heavy atom. The zero-order valence-corrected chi connectivity index (χ0v) is 16.0. The van der Waals surface area contributed by atoms with Crippen LogP contribution in [-0.4, -0.2) is 59.5 Å². The van der Waals surface area contributed by atoms with E-state index in [1.165, 1.54) is 0 Å². The first-order valence-corrected chi connectivity index (χ1v) is 8.11. The SMILES string of the molecule is CCNC(=NCC(C)(C)OC)NCCNS(C)(=O)=O.I. The average Bonchev–Trinajstić information content (AvgIpc) is 2.30. The van der Waals surface area contributed by atoms with E-state index in [9.17, 15) is 8.42 Å². The molecule has 0 unspecified atom stereocenters. The van der Waals surface area contributed by atoms with Crippen LogP contribution in [0.5, 0.6) is 0 Å². The highest BCUT2D eigenvalue weighted by Crippen LogP contribution is 2.06. The zero-order valence-electron chi connectivity index (χ0n) is 12.8. The number of hydrogen-bond donors (Lipinski definition) is 3. The van der Waals surface area contributed by atoms with E-state index in [2.05, 4.69) is 20.3 Å². The molecule has 0 radical (unpaired) electrons. The molecule has 0 heterocycles. The van der Waals surface area contributed by atoms with Gasteiger partial charge >= 0.3 is 0 Å². The number of nitrogens with zero attached hydrogens (tertiary/aromatic N) is 1. The summed E-state index contributed by atoms with van der Waals surface area (Å²) < 4.78 is 29.5. The molecule has 0 aromatic rings. The summed E-state index contributed by atoms with van der Waals surface area (Å²) in [5.41, 5.74) is -0.326. The van der Waals surface area contributed by atoms with Crippen LogP contribution in [0.1, 0.15) is 20.8 Å². The van der Waals surface area contributed by atoms with E-state index in [0.29, 0.717) is 25.6 Å². The Kier molecular flexibility index (Phi) is 11.7. The van der Waals surface area contributed by atoms with Crippen molar-refractivity contribution in [3.05, 3.63) is 0 Å². The quantitative estimate of drug-likeness (QED) is 0.224. The summed E-state index contributed by atoms with van der Waals surface area (Å²) in [5, 5.41) is 6.13. The molecule has 0 atom stereocenters. The standard InChI is InChI=1S/C11H26N4O3S.HI/c1-6-12-10(14-9-11(2,3)18-4)13-7-8-15-19(5,16)17;/h15H,6-9H2,1-5H3,(H2,12,13,14);1H. The minimum absolute atomic E-state index is 0. The molecule has 0 aromatic heterocycles. The van der Waals surface area contributed by atoms with E-state index in [0.717, 1.165) is 12.8 Å². The van der Waals surface area contributed by atoms with Gasteiger partial charge in [0.25, 0.3) is 0 Å². The predicted molar refractivity (Wildman–Crippen MR) is 93.3 cm³/mol. The van der Waals surface area contributed by atoms with Gasteiger partial charge in [0.1, 0.15) is 0 Å². The second-order valence-corrected chi connectivity index (χ2v) is 6.59. The molecule has 0 aromatic carbocycles. The monoisotopic (exact) mass is 422 g/mol. The normalized spacial score (nSPS) is 12.8. The lowest BCUT2D eigenvalue weighted by Gasteiger charge is -2.21. The van der Waals surface area contributed by atoms with E-state index in [1.54, 1.807) is 7.11 Å². The van der Waals surface area contributed by atoms with Crippen molar-refractivity contribution in [3.8, 4) is 0 Å². The highest BCUT2D eigenvalue weighted by Gasteiger charge is 2.15. The Morgan fingerprint density at radius 2 is 1.85 bits per heavy atom. The summed E-state index contributed by atoms with van der Waals surface area (Å²) in [6.45, 7) is 7.89. The molecule has 0 aliphatic rings. The maximum absolute atomic E-state index is 10.9. The molecule has 0 bridgehead atoms. The van der Waals surface area contributed by atoms with E-state index in [4.69, 9.17) is 4.74 Å². The number of halogens is 1. The summed E-state index contributed by atoms with van der Waals surface area (Å²) in [6.07, 6.45) is 1.13. The number of ether oxygens (including phenoxy) is 1. The Bertz CT molecular complexity index is 385. The van der Waals surface area contributed by atoms with Gasteiger partial charge in [-0.1, -0.05) is 0 Å². The molecule has 0 rings (SSSR count). The van der Waals surface area contributed by atoms with Gasteiger partial charge in [0, 0.05) is 26.7 Å². The van der Waals surface area contributed by atoms with Crippen LogP contribution in [0.4, 0.5) is 0 Å². The van der Waals surface area contributed by atoms with Crippen LogP contribution < -0.4 is 15.4 Å². The topological polar surface area (TPSA) is 91.8 Å². The maximum atomic E-state index is 10.9. The summed E-state index contributed by atoms with van der Waals surface area (Å²) >= 11 is 0. The Labute approximate surface area is 139 Å². The number of aliphatic imine (C=N–C) groups is 1. The lowest BCUT2D eigenvalue weighted by atomic mass is 10.1. The third-order valence-electron chi connectivity index (χ3n) is 2.30.